The number of benzene rings is 1. The highest BCUT2D eigenvalue weighted by Crippen LogP contribution is 2.13. The Bertz CT molecular complexity index is 711. The van der Waals surface area contributed by atoms with Gasteiger partial charge in [-0.05, 0) is 23.8 Å². The Labute approximate surface area is 178 Å². The summed E-state index contributed by atoms with van der Waals surface area (Å²) in [5, 5.41) is 3.47. The van der Waals surface area contributed by atoms with Crippen molar-refractivity contribution in [2.45, 2.75) is 6.54 Å². The van der Waals surface area contributed by atoms with E-state index in [1.807, 2.05) is 13.1 Å². The zero-order chi connectivity index (χ0) is 18.4. The first kappa shape index (κ1) is 21.2. The summed E-state index contributed by atoms with van der Waals surface area (Å²) in [6.45, 7) is 4.35. The minimum atomic E-state index is 0. The van der Waals surface area contributed by atoms with Gasteiger partial charge in [-0.3, -0.25) is 4.99 Å². The van der Waals surface area contributed by atoms with E-state index in [0.717, 1.165) is 44.6 Å². The third-order valence-corrected chi connectivity index (χ3v) is 4.53. The Morgan fingerprint density at radius 2 is 1.70 bits per heavy atom. The van der Waals surface area contributed by atoms with Crippen molar-refractivity contribution in [1.29, 1.82) is 0 Å². The SMILES string of the molecule is CN=C(NCc1ccc(N(C)C)cc1)N1CCN(c2ncccn2)CC1.I. The number of halogens is 1. The molecule has 7 nitrogen and oxygen atoms in total. The van der Waals surface area contributed by atoms with E-state index in [1.54, 1.807) is 12.4 Å². The van der Waals surface area contributed by atoms with Crippen molar-refractivity contribution in [1.82, 2.24) is 20.2 Å². The first-order chi connectivity index (χ1) is 12.7. The second-order valence-corrected chi connectivity index (χ2v) is 6.48. The lowest BCUT2D eigenvalue weighted by molar-refractivity contribution is 0.370. The zero-order valence-electron chi connectivity index (χ0n) is 16.2. The van der Waals surface area contributed by atoms with Crippen LogP contribution in [0.2, 0.25) is 0 Å². The number of aliphatic imine (C=N–C) groups is 1. The molecule has 0 atom stereocenters. The number of piperazine rings is 1. The molecule has 1 fully saturated rings. The second-order valence-electron chi connectivity index (χ2n) is 6.48. The third-order valence-electron chi connectivity index (χ3n) is 4.53. The Hall–Kier alpha value is -2.10. The Morgan fingerprint density at radius 3 is 2.26 bits per heavy atom. The maximum absolute atomic E-state index is 4.44. The smallest absolute Gasteiger partial charge is 0.225 e. The van der Waals surface area contributed by atoms with Crippen molar-refractivity contribution in [2.75, 3.05) is 57.1 Å². The largest absolute Gasteiger partial charge is 0.378 e. The second kappa shape index (κ2) is 10.3. The van der Waals surface area contributed by atoms with E-state index in [-0.39, 0.29) is 24.0 Å². The fourth-order valence-corrected chi connectivity index (χ4v) is 3.00. The Kier molecular flexibility index (Phi) is 8.08. The summed E-state index contributed by atoms with van der Waals surface area (Å²) in [5.41, 5.74) is 2.45. The lowest BCUT2D eigenvalue weighted by atomic mass is 10.2. The average Bonchev–Trinajstić information content (AvgIpc) is 2.70. The summed E-state index contributed by atoms with van der Waals surface area (Å²) in [5.74, 6) is 1.74. The minimum Gasteiger partial charge on any atom is -0.378 e. The van der Waals surface area contributed by atoms with Crippen molar-refractivity contribution >= 4 is 41.6 Å². The van der Waals surface area contributed by atoms with Gasteiger partial charge >= 0.3 is 0 Å². The molecule has 1 aliphatic heterocycles. The van der Waals surface area contributed by atoms with Crippen molar-refractivity contribution < 1.29 is 0 Å². The van der Waals surface area contributed by atoms with Gasteiger partial charge in [0.2, 0.25) is 5.95 Å². The molecule has 27 heavy (non-hydrogen) atoms. The fraction of sp³-hybridized carbons (Fsp3) is 0.421. The number of rotatable bonds is 4. The van der Waals surface area contributed by atoms with Crippen LogP contribution in [0.3, 0.4) is 0 Å². The van der Waals surface area contributed by atoms with Gasteiger partial charge in [0.25, 0.3) is 0 Å². The topological polar surface area (TPSA) is 59.9 Å². The van der Waals surface area contributed by atoms with E-state index in [2.05, 4.69) is 73.3 Å². The molecule has 1 aromatic heterocycles. The molecule has 0 radical (unpaired) electrons. The van der Waals surface area contributed by atoms with Crippen LogP contribution >= 0.6 is 24.0 Å². The van der Waals surface area contributed by atoms with Crippen molar-refractivity contribution in [2.24, 2.45) is 4.99 Å². The summed E-state index contributed by atoms with van der Waals surface area (Å²) in [6.07, 6.45) is 3.58. The van der Waals surface area contributed by atoms with Crippen LogP contribution in [0.15, 0.2) is 47.7 Å². The highest BCUT2D eigenvalue weighted by atomic mass is 127. The highest BCUT2D eigenvalue weighted by Gasteiger charge is 2.20. The number of anilines is 2. The van der Waals surface area contributed by atoms with Crippen molar-refractivity contribution in [3.63, 3.8) is 0 Å². The molecule has 8 heteroatoms. The van der Waals surface area contributed by atoms with Gasteiger partial charge in [0.1, 0.15) is 0 Å². The Balaban J connectivity index is 0.00000261. The highest BCUT2D eigenvalue weighted by molar-refractivity contribution is 14.0. The maximum atomic E-state index is 4.44. The van der Waals surface area contributed by atoms with Gasteiger partial charge in [-0.1, -0.05) is 12.1 Å². The Morgan fingerprint density at radius 1 is 1.07 bits per heavy atom. The van der Waals surface area contributed by atoms with Gasteiger partial charge in [0, 0.05) is 71.9 Å². The summed E-state index contributed by atoms with van der Waals surface area (Å²) < 4.78 is 0. The predicted molar refractivity (Wildman–Crippen MR) is 122 cm³/mol. The molecule has 3 rings (SSSR count). The molecular weight excluding hydrogens is 453 g/mol. The van der Waals surface area contributed by atoms with E-state index in [1.165, 1.54) is 11.3 Å². The lowest BCUT2D eigenvalue weighted by Crippen LogP contribution is -2.52. The lowest BCUT2D eigenvalue weighted by Gasteiger charge is -2.36. The van der Waals surface area contributed by atoms with Gasteiger partial charge in [0.15, 0.2) is 5.96 Å². The van der Waals surface area contributed by atoms with E-state index < -0.39 is 0 Å². The molecule has 0 spiro atoms. The molecule has 146 valence electrons. The van der Waals surface area contributed by atoms with Crippen LogP contribution < -0.4 is 15.1 Å². The summed E-state index contributed by atoms with van der Waals surface area (Å²) in [7, 11) is 5.94. The number of nitrogens with one attached hydrogen (secondary N) is 1. The molecule has 1 saturated heterocycles. The standard InChI is InChI=1S/C19H27N7.HI/c1-20-18(23-15-16-5-7-17(8-6-16)24(2)3)25-11-13-26(14-12-25)19-21-9-4-10-22-19;/h4-10H,11-15H2,1-3H3,(H,20,23);1H. The molecule has 1 aliphatic rings. The fourth-order valence-electron chi connectivity index (χ4n) is 3.00. The first-order valence-corrected chi connectivity index (χ1v) is 8.91. The molecule has 1 aromatic carbocycles. The number of hydrogen-bond acceptors (Lipinski definition) is 5. The summed E-state index contributed by atoms with van der Waals surface area (Å²) in [4.78, 5) is 19.7. The minimum absolute atomic E-state index is 0. The molecule has 0 saturated carbocycles. The summed E-state index contributed by atoms with van der Waals surface area (Å²) >= 11 is 0. The molecule has 2 aromatic rings. The van der Waals surface area contributed by atoms with Crippen molar-refractivity contribution in [3.05, 3.63) is 48.3 Å². The molecular formula is C19H28IN7. The predicted octanol–water partition coefficient (Wildman–Crippen LogP) is 2.06. The van der Waals surface area contributed by atoms with Gasteiger partial charge < -0.3 is 20.0 Å². The molecule has 2 heterocycles. The van der Waals surface area contributed by atoms with Crippen LogP contribution in [0, 0.1) is 0 Å². The third kappa shape index (κ3) is 5.69. The van der Waals surface area contributed by atoms with Crippen LogP contribution in [0.4, 0.5) is 11.6 Å². The first-order valence-electron chi connectivity index (χ1n) is 8.91. The molecule has 0 aliphatic carbocycles. The van der Waals surface area contributed by atoms with E-state index in [0.29, 0.717) is 0 Å². The van der Waals surface area contributed by atoms with Crippen LogP contribution in [0.25, 0.3) is 0 Å². The van der Waals surface area contributed by atoms with E-state index >= 15 is 0 Å². The van der Waals surface area contributed by atoms with Gasteiger partial charge in [-0.25, -0.2) is 9.97 Å². The van der Waals surface area contributed by atoms with Crippen LogP contribution in [0.1, 0.15) is 5.56 Å². The van der Waals surface area contributed by atoms with E-state index in [4.69, 9.17) is 0 Å². The van der Waals surface area contributed by atoms with Gasteiger partial charge in [-0.2, -0.15) is 0 Å². The average molecular weight is 481 g/mol. The quantitative estimate of drug-likeness (QED) is 0.410. The van der Waals surface area contributed by atoms with Crippen LogP contribution in [-0.2, 0) is 6.54 Å². The number of aromatic nitrogens is 2. The van der Waals surface area contributed by atoms with Gasteiger partial charge in [-0.15, -0.1) is 24.0 Å². The van der Waals surface area contributed by atoms with Crippen molar-refractivity contribution in [3.8, 4) is 0 Å². The number of guanidine groups is 1. The van der Waals surface area contributed by atoms with Crippen LogP contribution in [-0.4, -0.2) is 68.1 Å². The zero-order valence-corrected chi connectivity index (χ0v) is 18.5. The van der Waals surface area contributed by atoms with Gasteiger partial charge in [0.05, 0.1) is 0 Å². The monoisotopic (exact) mass is 481 g/mol. The maximum Gasteiger partial charge on any atom is 0.225 e. The molecule has 0 unspecified atom stereocenters. The number of hydrogen-bond donors (Lipinski definition) is 1. The molecule has 0 amide bonds. The van der Waals surface area contributed by atoms with E-state index in [9.17, 15) is 0 Å². The number of nitrogens with zero attached hydrogens (tertiary/aromatic N) is 6. The van der Waals surface area contributed by atoms with Crippen LogP contribution in [0.5, 0.6) is 0 Å². The molecule has 1 N–H and O–H groups in total. The normalized spacial score (nSPS) is 14.6. The summed E-state index contributed by atoms with van der Waals surface area (Å²) in [6, 6.07) is 10.4. The molecule has 0 bridgehead atoms.